The first kappa shape index (κ1) is 27.0. The second-order valence-corrected chi connectivity index (χ2v) is 7.33. The maximum atomic E-state index is 12.4. The van der Waals surface area contributed by atoms with E-state index in [0.717, 1.165) is 0 Å². The fraction of sp³-hybridized carbons (Fsp3) is 0.688. The van der Waals surface area contributed by atoms with Crippen LogP contribution in [-0.2, 0) is 24.0 Å². The second-order valence-electron chi connectivity index (χ2n) is 6.59. The number of carboxylic acid groups (broad SMARTS) is 2. The quantitative estimate of drug-likeness (QED) is 0.151. The van der Waals surface area contributed by atoms with Crippen LogP contribution in [0.2, 0.25) is 0 Å². The molecule has 11 nitrogen and oxygen atoms in total. The Kier molecular flexibility index (Phi) is 12.4. The summed E-state index contributed by atoms with van der Waals surface area (Å²) in [6.07, 6.45) is -0.426. The van der Waals surface area contributed by atoms with Crippen molar-refractivity contribution in [3.05, 3.63) is 0 Å². The molecule has 29 heavy (non-hydrogen) atoms. The summed E-state index contributed by atoms with van der Waals surface area (Å²) < 4.78 is 0. The Morgan fingerprint density at radius 2 is 1.31 bits per heavy atom. The minimum atomic E-state index is -1.21. The largest absolute Gasteiger partial charge is 0.481 e. The zero-order chi connectivity index (χ0) is 22.7. The van der Waals surface area contributed by atoms with Crippen LogP contribution in [0.3, 0.4) is 0 Å². The zero-order valence-electron chi connectivity index (χ0n) is 16.1. The Morgan fingerprint density at radius 1 is 0.862 bits per heavy atom. The van der Waals surface area contributed by atoms with Gasteiger partial charge in [0.05, 0.1) is 6.04 Å². The zero-order valence-corrected chi connectivity index (χ0v) is 17.9. The summed E-state index contributed by atoms with van der Waals surface area (Å²) in [5.41, 5.74) is 5.59. The van der Waals surface area contributed by atoms with Crippen LogP contribution >= 0.6 is 25.3 Å². The summed E-state index contributed by atoms with van der Waals surface area (Å²) >= 11 is 7.99. The molecule has 0 saturated carbocycles. The van der Waals surface area contributed by atoms with E-state index >= 15 is 0 Å². The van der Waals surface area contributed by atoms with Gasteiger partial charge in [0, 0.05) is 17.9 Å². The molecule has 3 amide bonds. The molecule has 4 atom stereocenters. The van der Waals surface area contributed by atoms with Crippen molar-refractivity contribution in [2.75, 3.05) is 11.5 Å². The van der Waals surface area contributed by atoms with E-state index in [1.54, 1.807) is 13.8 Å². The van der Waals surface area contributed by atoms with E-state index in [1.807, 2.05) is 0 Å². The summed E-state index contributed by atoms with van der Waals surface area (Å²) in [4.78, 5) is 58.5. The van der Waals surface area contributed by atoms with E-state index in [9.17, 15) is 24.0 Å². The molecular formula is C16H28N4O7S2. The van der Waals surface area contributed by atoms with Crippen LogP contribution in [0.1, 0.15) is 26.7 Å². The number of carbonyl (C=O) groups is 5. The highest BCUT2D eigenvalue weighted by Crippen LogP contribution is 2.03. The number of carbonyl (C=O) groups excluding carboxylic acids is 3. The molecule has 166 valence electrons. The first-order valence-electron chi connectivity index (χ1n) is 8.77. The lowest BCUT2D eigenvalue weighted by atomic mass is 10.0. The lowest BCUT2D eigenvalue weighted by Gasteiger charge is -2.24. The monoisotopic (exact) mass is 452 g/mol. The fourth-order valence-corrected chi connectivity index (χ4v) is 2.63. The minimum absolute atomic E-state index is 0.116. The maximum Gasteiger partial charge on any atom is 0.326 e. The molecule has 0 rings (SSSR count). The molecule has 0 saturated heterocycles. The van der Waals surface area contributed by atoms with Crippen LogP contribution in [0.15, 0.2) is 0 Å². The van der Waals surface area contributed by atoms with Crippen molar-refractivity contribution >= 4 is 54.9 Å². The number of aliphatic carboxylic acids is 2. The van der Waals surface area contributed by atoms with Crippen molar-refractivity contribution in [3.63, 3.8) is 0 Å². The highest BCUT2D eigenvalue weighted by atomic mass is 32.1. The van der Waals surface area contributed by atoms with Gasteiger partial charge in [0.1, 0.15) is 18.1 Å². The van der Waals surface area contributed by atoms with Crippen LogP contribution in [0, 0.1) is 5.92 Å². The van der Waals surface area contributed by atoms with E-state index in [4.69, 9.17) is 15.9 Å². The Hall–Kier alpha value is -1.99. The molecule has 0 bridgehead atoms. The average molecular weight is 453 g/mol. The van der Waals surface area contributed by atoms with Crippen molar-refractivity contribution in [2.45, 2.75) is 50.9 Å². The van der Waals surface area contributed by atoms with Gasteiger partial charge in [-0.1, -0.05) is 13.8 Å². The Balaban J connectivity index is 4.95. The van der Waals surface area contributed by atoms with Crippen molar-refractivity contribution in [1.82, 2.24) is 16.0 Å². The molecular weight excluding hydrogens is 424 g/mol. The highest BCUT2D eigenvalue weighted by Gasteiger charge is 2.30. The third-order valence-corrected chi connectivity index (χ3v) is 4.60. The van der Waals surface area contributed by atoms with Gasteiger partial charge in [-0.05, 0) is 12.3 Å². The molecule has 0 aromatic rings. The molecule has 0 heterocycles. The topological polar surface area (TPSA) is 188 Å². The standard InChI is InChI=1S/C16H28N4O7S2/c1-7(2)12(16(26)27)20-15(25)10(6-29)19-14(24)9(5-28)18-13(23)8(17)3-4-11(21)22/h7-10,12,28-29H,3-6,17H2,1-2H3,(H,18,23)(H,19,24)(H,20,25)(H,21,22)(H,26,27). The Labute approximate surface area is 179 Å². The van der Waals surface area contributed by atoms with Gasteiger partial charge < -0.3 is 31.9 Å². The smallest absolute Gasteiger partial charge is 0.326 e. The van der Waals surface area contributed by atoms with Gasteiger partial charge in [-0.3, -0.25) is 19.2 Å². The molecule has 0 fully saturated rings. The Bertz CT molecular complexity index is 618. The summed E-state index contributed by atoms with van der Waals surface area (Å²) in [7, 11) is 0. The molecule has 0 aliphatic heterocycles. The molecule has 0 radical (unpaired) electrons. The summed E-state index contributed by atoms with van der Waals surface area (Å²) in [5, 5.41) is 24.8. The van der Waals surface area contributed by atoms with E-state index in [2.05, 4.69) is 41.2 Å². The van der Waals surface area contributed by atoms with Gasteiger partial charge in [0.15, 0.2) is 0 Å². The maximum absolute atomic E-state index is 12.4. The van der Waals surface area contributed by atoms with Gasteiger partial charge in [0.2, 0.25) is 17.7 Å². The van der Waals surface area contributed by atoms with Crippen LogP contribution in [0.4, 0.5) is 0 Å². The summed E-state index contributed by atoms with van der Waals surface area (Å²) in [6, 6.07) is -4.56. The Morgan fingerprint density at radius 3 is 1.69 bits per heavy atom. The van der Waals surface area contributed by atoms with Crippen LogP contribution in [0.5, 0.6) is 0 Å². The highest BCUT2D eigenvalue weighted by molar-refractivity contribution is 7.80. The molecule has 0 aliphatic carbocycles. The van der Waals surface area contributed by atoms with E-state index in [1.165, 1.54) is 0 Å². The predicted molar refractivity (Wildman–Crippen MR) is 111 cm³/mol. The third-order valence-electron chi connectivity index (χ3n) is 3.87. The number of rotatable bonds is 13. The average Bonchev–Trinajstić information content (AvgIpc) is 2.64. The van der Waals surface area contributed by atoms with Crippen molar-refractivity contribution < 1.29 is 34.2 Å². The summed E-state index contributed by atoms with van der Waals surface area (Å²) in [6.45, 7) is 3.24. The SMILES string of the molecule is CC(C)C(NC(=O)C(CS)NC(=O)C(CS)NC(=O)C(N)CCC(=O)O)C(=O)O. The molecule has 0 aliphatic rings. The molecule has 0 spiro atoms. The predicted octanol–water partition coefficient (Wildman–Crippen LogP) is -1.77. The third kappa shape index (κ3) is 9.85. The van der Waals surface area contributed by atoms with E-state index in [-0.39, 0.29) is 30.3 Å². The normalized spacial score (nSPS) is 15.0. The number of hydrogen-bond acceptors (Lipinski definition) is 8. The lowest BCUT2D eigenvalue weighted by Crippen LogP contribution is -2.58. The molecule has 0 aromatic carbocycles. The second kappa shape index (κ2) is 13.3. The molecule has 13 heteroatoms. The van der Waals surface area contributed by atoms with Gasteiger partial charge in [-0.25, -0.2) is 4.79 Å². The van der Waals surface area contributed by atoms with Gasteiger partial charge in [-0.2, -0.15) is 25.3 Å². The van der Waals surface area contributed by atoms with Crippen LogP contribution in [-0.4, -0.2) is 75.5 Å². The van der Waals surface area contributed by atoms with Gasteiger partial charge >= 0.3 is 11.9 Å². The number of hydrogen-bond donors (Lipinski definition) is 8. The molecule has 7 N–H and O–H groups in total. The number of thiol groups is 2. The first-order chi connectivity index (χ1) is 13.4. The van der Waals surface area contributed by atoms with Crippen molar-refractivity contribution in [1.29, 1.82) is 0 Å². The van der Waals surface area contributed by atoms with Gasteiger partial charge in [0.25, 0.3) is 0 Å². The number of nitrogens with one attached hydrogen (secondary N) is 3. The lowest BCUT2D eigenvalue weighted by molar-refractivity contribution is -0.143. The first-order valence-corrected chi connectivity index (χ1v) is 10.0. The van der Waals surface area contributed by atoms with Crippen LogP contribution in [0.25, 0.3) is 0 Å². The minimum Gasteiger partial charge on any atom is -0.481 e. The van der Waals surface area contributed by atoms with E-state index < -0.39 is 53.8 Å². The number of carboxylic acids is 2. The van der Waals surface area contributed by atoms with E-state index in [0.29, 0.717) is 0 Å². The number of nitrogens with two attached hydrogens (primary N) is 1. The fourth-order valence-electron chi connectivity index (χ4n) is 2.12. The molecule has 4 unspecified atom stereocenters. The number of amides is 3. The molecule has 0 aromatic heterocycles. The van der Waals surface area contributed by atoms with Crippen molar-refractivity contribution in [2.24, 2.45) is 11.7 Å². The summed E-state index contributed by atoms with van der Waals surface area (Å²) in [5.74, 6) is -5.17. The van der Waals surface area contributed by atoms with Gasteiger partial charge in [-0.15, -0.1) is 0 Å². The van der Waals surface area contributed by atoms with Crippen LogP contribution < -0.4 is 21.7 Å². The van der Waals surface area contributed by atoms with Crippen molar-refractivity contribution in [3.8, 4) is 0 Å².